The van der Waals surface area contributed by atoms with Gasteiger partial charge in [0.1, 0.15) is 11.2 Å². The van der Waals surface area contributed by atoms with E-state index in [0.29, 0.717) is 24.0 Å². The zero-order valence-corrected chi connectivity index (χ0v) is 25.6. The van der Waals surface area contributed by atoms with Crippen molar-refractivity contribution in [3.05, 3.63) is 12.2 Å². The second-order valence-electron chi connectivity index (χ2n) is 11.9. The van der Waals surface area contributed by atoms with Crippen molar-refractivity contribution in [2.45, 2.75) is 78.4 Å². The summed E-state index contributed by atoms with van der Waals surface area (Å²) in [7, 11) is 3.94. The number of aliphatic carboxylic acids is 2. The fourth-order valence-electron chi connectivity index (χ4n) is 4.01. The first-order valence-corrected chi connectivity index (χ1v) is 13.9. The van der Waals surface area contributed by atoms with Crippen molar-refractivity contribution < 1.29 is 38.9 Å². The van der Waals surface area contributed by atoms with E-state index < -0.39 is 11.9 Å². The van der Waals surface area contributed by atoms with Gasteiger partial charge in [-0.2, -0.15) is 0 Å². The molecule has 232 valence electrons. The van der Waals surface area contributed by atoms with Gasteiger partial charge in [0.25, 0.3) is 0 Å². The van der Waals surface area contributed by atoms with Gasteiger partial charge in [0, 0.05) is 38.3 Å². The minimum absolute atomic E-state index is 0.171. The van der Waals surface area contributed by atoms with Crippen LogP contribution in [0.4, 0.5) is 9.59 Å². The standard InChI is InChI=1S/2C12H24N2O2.C4H4O4/c2*1-12(2,3)16-11(15)14-7-5-10(6-8-14)9-13-4;5-3(6)1-2-4(7)8/h2*10,13H,5-9H2,1-4H3;1-2H,(H,5,6)(H,7,8). The molecule has 0 aliphatic carbocycles. The van der Waals surface area contributed by atoms with Crippen LogP contribution in [0.1, 0.15) is 67.2 Å². The van der Waals surface area contributed by atoms with E-state index in [4.69, 9.17) is 19.7 Å². The lowest BCUT2D eigenvalue weighted by Gasteiger charge is -2.33. The number of amides is 2. The average Bonchev–Trinajstić information content (AvgIpc) is 2.83. The van der Waals surface area contributed by atoms with Crippen molar-refractivity contribution in [3.8, 4) is 0 Å². The average molecular weight is 573 g/mol. The van der Waals surface area contributed by atoms with Crippen LogP contribution in [-0.2, 0) is 19.1 Å². The fraction of sp³-hybridized carbons (Fsp3) is 0.786. The van der Waals surface area contributed by atoms with Crippen molar-refractivity contribution in [1.82, 2.24) is 20.4 Å². The quantitative estimate of drug-likeness (QED) is 0.348. The zero-order valence-electron chi connectivity index (χ0n) is 25.6. The number of carbonyl (C=O) groups is 4. The van der Waals surface area contributed by atoms with Gasteiger partial charge in [-0.15, -0.1) is 0 Å². The summed E-state index contributed by atoms with van der Waals surface area (Å²) < 4.78 is 10.7. The molecule has 0 saturated carbocycles. The van der Waals surface area contributed by atoms with Gasteiger partial charge < -0.3 is 40.1 Å². The Morgan fingerprint density at radius 2 is 0.950 bits per heavy atom. The SMILES string of the molecule is CNCC1CCN(C(=O)OC(C)(C)C)CC1.CNCC1CCN(C(=O)OC(C)(C)C)CC1.O=C(O)C=CC(=O)O. The molecule has 40 heavy (non-hydrogen) atoms. The lowest BCUT2D eigenvalue weighted by Crippen LogP contribution is -2.43. The van der Waals surface area contributed by atoms with Gasteiger partial charge in [0.05, 0.1) is 0 Å². The van der Waals surface area contributed by atoms with Gasteiger partial charge in [0.2, 0.25) is 0 Å². The number of likely N-dealkylation sites (tertiary alicyclic amines) is 2. The first kappa shape index (κ1) is 37.1. The summed E-state index contributed by atoms with van der Waals surface area (Å²) in [6.07, 6.45) is 5.05. The molecule has 2 aliphatic heterocycles. The van der Waals surface area contributed by atoms with Crippen LogP contribution < -0.4 is 10.6 Å². The van der Waals surface area contributed by atoms with Gasteiger partial charge in [-0.3, -0.25) is 0 Å². The molecule has 0 radical (unpaired) electrons. The molecule has 0 aromatic heterocycles. The summed E-state index contributed by atoms with van der Waals surface area (Å²) in [6.45, 7) is 16.8. The Balaban J connectivity index is 0.000000605. The fourth-order valence-corrected chi connectivity index (χ4v) is 4.01. The van der Waals surface area contributed by atoms with Crippen molar-refractivity contribution in [2.24, 2.45) is 11.8 Å². The summed E-state index contributed by atoms with van der Waals surface area (Å²) >= 11 is 0. The van der Waals surface area contributed by atoms with Gasteiger partial charge in [0.15, 0.2) is 0 Å². The Hall–Kier alpha value is -2.86. The molecule has 2 fully saturated rings. The predicted molar refractivity (Wildman–Crippen MR) is 153 cm³/mol. The predicted octanol–water partition coefficient (Wildman–Crippen LogP) is 3.42. The summed E-state index contributed by atoms with van der Waals surface area (Å²) in [5.74, 6) is -1.12. The molecule has 2 aliphatic rings. The number of carboxylic acids is 2. The second kappa shape index (κ2) is 18.5. The molecule has 0 atom stereocenters. The summed E-state index contributed by atoms with van der Waals surface area (Å²) in [4.78, 5) is 46.3. The van der Waals surface area contributed by atoms with Crippen LogP contribution in [0.25, 0.3) is 0 Å². The highest BCUT2D eigenvalue weighted by Gasteiger charge is 2.27. The van der Waals surface area contributed by atoms with Gasteiger partial charge in [-0.05, 0) is 106 Å². The Morgan fingerprint density at radius 3 is 1.15 bits per heavy atom. The molecule has 0 unspecified atom stereocenters. The first-order chi connectivity index (χ1) is 18.5. The van der Waals surface area contributed by atoms with E-state index in [1.165, 1.54) is 0 Å². The molecule has 0 aromatic carbocycles. The molecule has 2 amide bonds. The molecule has 0 bridgehead atoms. The van der Waals surface area contributed by atoms with Gasteiger partial charge in [-0.25, -0.2) is 19.2 Å². The van der Waals surface area contributed by atoms with Crippen LogP contribution in [-0.4, -0.2) is 109 Å². The number of nitrogens with one attached hydrogen (secondary N) is 2. The molecule has 12 nitrogen and oxygen atoms in total. The highest BCUT2D eigenvalue weighted by atomic mass is 16.6. The van der Waals surface area contributed by atoms with Gasteiger partial charge >= 0.3 is 24.1 Å². The van der Waals surface area contributed by atoms with Crippen molar-refractivity contribution in [1.29, 1.82) is 0 Å². The number of ether oxygens (including phenoxy) is 2. The number of hydrogen-bond acceptors (Lipinski definition) is 8. The topological polar surface area (TPSA) is 158 Å². The largest absolute Gasteiger partial charge is 0.478 e. The number of carbonyl (C=O) groups excluding carboxylic acids is 2. The summed E-state index contributed by atoms with van der Waals surface area (Å²) in [5, 5.41) is 22.0. The minimum atomic E-state index is -1.26. The third-order valence-electron chi connectivity index (χ3n) is 5.89. The van der Waals surface area contributed by atoms with E-state index in [1.54, 1.807) is 0 Å². The van der Waals surface area contributed by atoms with Gasteiger partial charge in [-0.1, -0.05) is 0 Å². The Bertz CT molecular complexity index is 738. The maximum Gasteiger partial charge on any atom is 0.410 e. The van der Waals surface area contributed by atoms with Crippen molar-refractivity contribution in [3.63, 3.8) is 0 Å². The van der Waals surface area contributed by atoms with E-state index in [1.807, 2.05) is 65.4 Å². The van der Waals surface area contributed by atoms with Crippen molar-refractivity contribution in [2.75, 3.05) is 53.4 Å². The minimum Gasteiger partial charge on any atom is -0.478 e. The van der Waals surface area contributed by atoms with Crippen LogP contribution in [0.15, 0.2) is 12.2 Å². The third kappa shape index (κ3) is 19.2. The number of piperidine rings is 2. The molecule has 4 N–H and O–H groups in total. The normalized spacial score (nSPS) is 16.8. The monoisotopic (exact) mass is 572 g/mol. The number of carboxylic acid groups (broad SMARTS) is 2. The summed E-state index contributed by atoms with van der Waals surface area (Å²) in [5.41, 5.74) is -0.780. The molecule has 2 rings (SSSR count). The smallest absolute Gasteiger partial charge is 0.410 e. The zero-order chi connectivity index (χ0) is 30.9. The number of rotatable bonds is 6. The van der Waals surface area contributed by atoms with Crippen LogP contribution >= 0.6 is 0 Å². The molecule has 12 heteroatoms. The number of hydrogen-bond donors (Lipinski definition) is 4. The highest BCUT2D eigenvalue weighted by Crippen LogP contribution is 2.20. The highest BCUT2D eigenvalue weighted by molar-refractivity contribution is 5.89. The van der Waals surface area contributed by atoms with Crippen LogP contribution in [0, 0.1) is 11.8 Å². The third-order valence-corrected chi connectivity index (χ3v) is 5.89. The maximum atomic E-state index is 11.8. The number of nitrogens with zero attached hydrogens (tertiary/aromatic N) is 2. The van der Waals surface area contributed by atoms with E-state index in [-0.39, 0.29) is 23.4 Å². The van der Waals surface area contributed by atoms with E-state index in [0.717, 1.165) is 65.0 Å². The Kier molecular flexibility index (Phi) is 17.2. The van der Waals surface area contributed by atoms with Crippen LogP contribution in [0.5, 0.6) is 0 Å². The summed E-state index contributed by atoms with van der Waals surface area (Å²) in [6, 6.07) is 0. The lowest BCUT2D eigenvalue weighted by atomic mass is 9.97. The first-order valence-electron chi connectivity index (χ1n) is 13.9. The van der Waals surface area contributed by atoms with Crippen molar-refractivity contribution >= 4 is 24.1 Å². The molecule has 2 heterocycles. The Labute approximate surface area is 239 Å². The van der Waals surface area contributed by atoms with E-state index in [9.17, 15) is 19.2 Å². The molecule has 0 spiro atoms. The Morgan fingerprint density at radius 1 is 0.675 bits per heavy atom. The molecular weight excluding hydrogens is 520 g/mol. The molecular formula is C28H52N4O8. The molecule has 0 aromatic rings. The van der Waals surface area contributed by atoms with Crippen LogP contribution in [0.2, 0.25) is 0 Å². The van der Waals surface area contributed by atoms with E-state index >= 15 is 0 Å². The lowest BCUT2D eigenvalue weighted by molar-refractivity contribution is -0.134. The van der Waals surface area contributed by atoms with E-state index in [2.05, 4.69) is 10.6 Å². The second-order valence-corrected chi connectivity index (χ2v) is 11.9. The maximum absolute atomic E-state index is 11.8. The molecule has 2 saturated heterocycles. The van der Waals surface area contributed by atoms with Crippen LogP contribution in [0.3, 0.4) is 0 Å².